The number of nitrogens with one attached hydrogen (secondary N) is 2. The van der Waals surface area contributed by atoms with E-state index >= 15 is 0 Å². The van der Waals surface area contributed by atoms with Crippen LogP contribution in [0.1, 0.15) is 39.0 Å². The Balaban J connectivity index is 2.10. The zero-order chi connectivity index (χ0) is 12.5. The van der Waals surface area contributed by atoms with Crippen molar-refractivity contribution in [3.63, 3.8) is 0 Å². The van der Waals surface area contributed by atoms with Gasteiger partial charge in [-0.05, 0) is 52.9 Å². The molecule has 0 aromatic carbocycles. The van der Waals surface area contributed by atoms with E-state index in [1.165, 1.54) is 32.4 Å². The van der Waals surface area contributed by atoms with Crippen molar-refractivity contribution >= 4 is 5.91 Å². The van der Waals surface area contributed by atoms with Crippen LogP contribution in [0.3, 0.4) is 0 Å². The van der Waals surface area contributed by atoms with Crippen LogP contribution in [0, 0.1) is 0 Å². The normalized spacial score (nSPS) is 18.9. The Morgan fingerprint density at radius 3 is 2.65 bits per heavy atom. The summed E-state index contributed by atoms with van der Waals surface area (Å²) in [5.41, 5.74) is 0. The molecule has 1 amide bonds. The summed E-state index contributed by atoms with van der Waals surface area (Å²) in [6.45, 7) is 6.40. The number of nitrogens with zero attached hydrogens (tertiary/aromatic N) is 1. The van der Waals surface area contributed by atoms with Crippen LogP contribution in [0.15, 0.2) is 0 Å². The number of amides is 1. The highest BCUT2D eigenvalue weighted by molar-refractivity contribution is 5.76. The van der Waals surface area contributed by atoms with Crippen LogP contribution in [0.5, 0.6) is 0 Å². The summed E-state index contributed by atoms with van der Waals surface area (Å²) in [7, 11) is 1.91. The van der Waals surface area contributed by atoms with Gasteiger partial charge >= 0.3 is 0 Å². The van der Waals surface area contributed by atoms with Gasteiger partial charge in [0.25, 0.3) is 0 Å². The van der Waals surface area contributed by atoms with Crippen molar-refractivity contribution in [1.29, 1.82) is 0 Å². The molecule has 1 heterocycles. The molecule has 2 N–H and O–H groups in total. The molecule has 1 unspecified atom stereocenters. The van der Waals surface area contributed by atoms with Crippen molar-refractivity contribution in [2.75, 3.05) is 33.2 Å². The molecule has 4 heteroatoms. The van der Waals surface area contributed by atoms with Crippen LogP contribution in [0.25, 0.3) is 0 Å². The van der Waals surface area contributed by atoms with Crippen LogP contribution < -0.4 is 10.6 Å². The van der Waals surface area contributed by atoms with E-state index < -0.39 is 0 Å². The summed E-state index contributed by atoms with van der Waals surface area (Å²) in [6, 6.07) is 0.273. The summed E-state index contributed by atoms with van der Waals surface area (Å²) < 4.78 is 0. The highest BCUT2D eigenvalue weighted by atomic mass is 16.1. The Labute approximate surface area is 105 Å². The lowest BCUT2D eigenvalue weighted by Crippen LogP contribution is -2.43. The largest absolute Gasteiger partial charge is 0.352 e. The van der Waals surface area contributed by atoms with Crippen LogP contribution in [0.4, 0.5) is 0 Å². The van der Waals surface area contributed by atoms with Gasteiger partial charge < -0.3 is 15.5 Å². The van der Waals surface area contributed by atoms with Crippen LogP contribution in [-0.2, 0) is 4.79 Å². The van der Waals surface area contributed by atoms with Crippen molar-refractivity contribution in [3.05, 3.63) is 0 Å². The van der Waals surface area contributed by atoms with Gasteiger partial charge in [0.1, 0.15) is 0 Å². The molecule has 1 atom stereocenters. The number of rotatable bonds is 7. The maximum absolute atomic E-state index is 11.6. The number of hydrogen-bond donors (Lipinski definition) is 2. The van der Waals surface area contributed by atoms with Gasteiger partial charge in [0.2, 0.25) is 5.91 Å². The van der Waals surface area contributed by atoms with E-state index in [1.807, 2.05) is 7.05 Å². The van der Waals surface area contributed by atoms with E-state index in [2.05, 4.69) is 22.5 Å². The molecule has 0 aliphatic carbocycles. The lowest BCUT2D eigenvalue weighted by atomic mass is 10.1. The molecule has 1 aliphatic heterocycles. The van der Waals surface area contributed by atoms with Crippen molar-refractivity contribution in [2.45, 2.75) is 45.1 Å². The Bertz CT molecular complexity index is 215. The third kappa shape index (κ3) is 6.64. The van der Waals surface area contributed by atoms with E-state index in [0.717, 1.165) is 19.5 Å². The smallest absolute Gasteiger partial charge is 0.220 e. The van der Waals surface area contributed by atoms with Crippen LogP contribution >= 0.6 is 0 Å². The zero-order valence-corrected chi connectivity index (χ0v) is 11.3. The molecule has 1 aliphatic rings. The van der Waals surface area contributed by atoms with E-state index in [1.54, 1.807) is 0 Å². The first-order valence-corrected chi connectivity index (χ1v) is 6.88. The van der Waals surface area contributed by atoms with Crippen LogP contribution in [-0.4, -0.2) is 50.1 Å². The summed E-state index contributed by atoms with van der Waals surface area (Å²) in [6.07, 6.45) is 5.52. The number of hydrogen-bond acceptors (Lipinski definition) is 3. The molecule has 100 valence electrons. The summed E-state index contributed by atoms with van der Waals surface area (Å²) in [4.78, 5) is 14.1. The lowest BCUT2D eigenvalue weighted by molar-refractivity contribution is -0.121. The quantitative estimate of drug-likeness (QED) is 0.653. The highest BCUT2D eigenvalue weighted by Crippen LogP contribution is 2.08. The second-order valence-electron chi connectivity index (χ2n) is 5.04. The topological polar surface area (TPSA) is 44.4 Å². The molecule has 0 radical (unpaired) electrons. The summed E-state index contributed by atoms with van der Waals surface area (Å²) >= 11 is 0. The SMILES string of the molecule is CNCCCC(=O)NC(C)CN1CCCCC1. The van der Waals surface area contributed by atoms with E-state index in [4.69, 9.17) is 0 Å². The third-order valence-electron chi connectivity index (χ3n) is 3.22. The Kier molecular flexibility index (Phi) is 7.21. The molecule has 1 rings (SSSR count). The third-order valence-corrected chi connectivity index (χ3v) is 3.22. The van der Waals surface area contributed by atoms with Gasteiger partial charge in [-0.25, -0.2) is 0 Å². The minimum atomic E-state index is 0.185. The molecule has 0 bridgehead atoms. The first-order valence-electron chi connectivity index (χ1n) is 6.88. The number of carbonyl (C=O) groups is 1. The predicted octanol–water partition coefficient (Wildman–Crippen LogP) is 0.977. The van der Waals surface area contributed by atoms with Crippen molar-refractivity contribution in [3.8, 4) is 0 Å². The molecule has 0 spiro atoms. The molecular weight excluding hydrogens is 214 g/mol. The second kappa shape index (κ2) is 8.48. The number of likely N-dealkylation sites (tertiary alicyclic amines) is 1. The lowest BCUT2D eigenvalue weighted by Gasteiger charge is -2.29. The van der Waals surface area contributed by atoms with Gasteiger partial charge in [-0.3, -0.25) is 4.79 Å². The summed E-state index contributed by atoms with van der Waals surface area (Å²) in [5.74, 6) is 0.185. The molecule has 1 fully saturated rings. The predicted molar refractivity (Wildman–Crippen MR) is 71.1 cm³/mol. The van der Waals surface area contributed by atoms with E-state index in [-0.39, 0.29) is 11.9 Å². The maximum atomic E-state index is 11.6. The molecule has 4 nitrogen and oxygen atoms in total. The number of piperidine rings is 1. The Hall–Kier alpha value is -0.610. The maximum Gasteiger partial charge on any atom is 0.220 e. The van der Waals surface area contributed by atoms with E-state index in [0.29, 0.717) is 6.42 Å². The Morgan fingerprint density at radius 1 is 1.29 bits per heavy atom. The van der Waals surface area contributed by atoms with Gasteiger partial charge in [0, 0.05) is 19.0 Å². The molecule has 1 saturated heterocycles. The average Bonchev–Trinajstić information content (AvgIpc) is 2.30. The van der Waals surface area contributed by atoms with Crippen molar-refractivity contribution in [2.24, 2.45) is 0 Å². The molecule has 0 aromatic heterocycles. The highest BCUT2D eigenvalue weighted by Gasteiger charge is 2.14. The van der Waals surface area contributed by atoms with Gasteiger partial charge in [-0.1, -0.05) is 6.42 Å². The molecular formula is C13H27N3O. The monoisotopic (exact) mass is 241 g/mol. The number of carbonyl (C=O) groups excluding carboxylic acids is 1. The molecule has 0 aromatic rings. The fraction of sp³-hybridized carbons (Fsp3) is 0.923. The van der Waals surface area contributed by atoms with Gasteiger partial charge in [-0.15, -0.1) is 0 Å². The minimum Gasteiger partial charge on any atom is -0.352 e. The second-order valence-corrected chi connectivity index (χ2v) is 5.04. The zero-order valence-electron chi connectivity index (χ0n) is 11.3. The summed E-state index contributed by atoms with van der Waals surface area (Å²) in [5, 5.41) is 6.13. The standard InChI is InChI=1S/C13H27N3O/c1-12(11-16-9-4-3-5-10-16)15-13(17)7-6-8-14-2/h12,14H,3-11H2,1-2H3,(H,15,17). The first kappa shape index (κ1) is 14.5. The fourth-order valence-corrected chi connectivity index (χ4v) is 2.35. The molecule has 17 heavy (non-hydrogen) atoms. The van der Waals surface area contributed by atoms with Crippen molar-refractivity contribution < 1.29 is 4.79 Å². The minimum absolute atomic E-state index is 0.185. The van der Waals surface area contributed by atoms with Gasteiger partial charge in [0.05, 0.1) is 0 Å². The van der Waals surface area contributed by atoms with Crippen molar-refractivity contribution in [1.82, 2.24) is 15.5 Å². The van der Waals surface area contributed by atoms with Gasteiger partial charge in [-0.2, -0.15) is 0 Å². The average molecular weight is 241 g/mol. The van der Waals surface area contributed by atoms with Gasteiger partial charge in [0.15, 0.2) is 0 Å². The first-order chi connectivity index (χ1) is 8.22. The van der Waals surface area contributed by atoms with Crippen LogP contribution in [0.2, 0.25) is 0 Å². The molecule has 0 saturated carbocycles. The fourth-order valence-electron chi connectivity index (χ4n) is 2.35. The van der Waals surface area contributed by atoms with E-state index in [9.17, 15) is 4.79 Å². The Morgan fingerprint density at radius 2 is 2.00 bits per heavy atom.